The Hall–Kier alpha value is -1.52. The first-order valence-corrected chi connectivity index (χ1v) is 17.0. The summed E-state index contributed by atoms with van der Waals surface area (Å²) in [5, 5.41) is 2.71. The predicted octanol–water partition coefficient (Wildman–Crippen LogP) is 3.74. The molecule has 0 saturated carbocycles. The number of benzene rings is 1. The number of hydrogen-bond donors (Lipinski definition) is 1. The fourth-order valence-corrected chi connectivity index (χ4v) is 5.21. The summed E-state index contributed by atoms with van der Waals surface area (Å²) in [6, 6.07) is 7.83. The highest BCUT2D eigenvalue weighted by molar-refractivity contribution is 7.12. The van der Waals surface area contributed by atoms with Crippen molar-refractivity contribution < 1.29 is 51.5 Å². The number of unbranched alkanes of at least 4 members (excludes halogenated alkanes) is 2. The van der Waals surface area contributed by atoms with Gasteiger partial charge in [0.1, 0.15) is 18.5 Å². The molecule has 12 nitrogen and oxygen atoms in total. The highest BCUT2D eigenvalue weighted by Gasteiger charge is 2.32. The zero-order valence-corrected chi connectivity index (χ0v) is 26.0. The molecule has 1 unspecified atom stereocenters. The van der Waals surface area contributed by atoms with E-state index in [0.717, 1.165) is 25.3 Å². The average Bonchev–Trinajstić information content (AvgIpc) is 2.99. The number of carbonyl (C=O) groups is 1. The summed E-state index contributed by atoms with van der Waals surface area (Å²) < 4.78 is 55.0. The third kappa shape index (κ3) is 17.9. The highest BCUT2D eigenvalue weighted by Crippen LogP contribution is 2.21. The van der Waals surface area contributed by atoms with Crippen LogP contribution in [0.5, 0.6) is 5.75 Å². The van der Waals surface area contributed by atoms with Crippen LogP contribution in [0, 0.1) is 0 Å². The molecule has 0 aromatic heterocycles. The van der Waals surface area contributed by atoms with Crippen molar-refractivity contribution in [1.82, 2.24) is 0 Å². The van der Waals surface area contributed by atoms with Crippen molar-refractivity contribution in [2.45, 2.75) is 31.4 Å². The van der Waals surface area contributed by atoms with Gasteiger partial charge in [-0.3, -0.25) is 5.32 Å². The van der Waals surface area contributed by atoms with Gasteiger partial charge in [0.15, 0.2) is 0 Å². The van der Waals surface area contributed by atoms with E-state index in [0.29, 0.717) is 84.1 Å². The van der Waals surface area contributed by atoms with Crippen LogP contribution in [0.4, 0.5) is 10.5 Å². The van der Waals surface area contributed by atoms with Gasteiger partial charge in [0.25, 0.3) is 0 Å². The largest absolute Gasteiger partial charge is 0.494 e. The van der Waals surface area contributed by atoms with Gasteiger partial charge in [-0.2, -0.15) is 0 Å². The van der Waals surface area contributed by atoms with Crippen molar-refractivity contribution in [2.75, 3.05) is 105 Å². The highest BCUT2D eigenvalue weighted by atomic mass is 35.6. The fraction of sp³-hybridized carbons (Fsp3) is 0.741. The number of amides is 1. The molecule has 14 heteroatoms. The van der Waals surface area contributed by atoms with Crippen molar-refractivity contribution in [2.24, 2.45) is 0 Å². The first-order chi connectivity index (χ1) is 20.0. The van der Waals surface area contributed by atoms with Gasteiger partial charge in [-0.15, -0.1) is 0 Å². The maximum absolute atomic E-state index is 12.4. The van der Waals surface area contributed by atoms with Crippen molar-refractivity contribution in [3.8, 4) is 5.75 Å². The quantitative estimate of drug-likeness (QED) is 0.208. The second-order valence-corrected chi connectivity index (χ2v) is 13.4. The summed E-state index contributed by atoms with van der Waals surface area (Å²) in [7, 11) is 0.647. The monoisotopic (exact) mass is 623 g/mol. The van der Waals surface area contributed by atoms with E-state index < -0.39 is 20.1 Å². The van der Waals surface area contributed by atoms with E-state index in [-0.39, 0.29) is 13.2 Å². The van der Waals surface area contributed by atoms with Gasteiger partial charge in [0, 0.05) is 26.0 Å². The van der Waals surface area contributed by atoms with E-state index in [2.05, 4.69) is 5.32 Å². The summed E-state index contributed by atoms with van der Waals surface area (Å²) in [5.41, 5.74) is 0.587. The van der Waals surface area contributed by atoms with Gasteiger partial charge < -0.3 is 46.7 Å². The zero-order valence-electron chi connectivity index (χ0n) is 24.3. The normalized spacial score (nSPS) is 19.0. The van der Waals surface area contributed by atoms with Crippen LogP contribution in [0.1, 0.15) is 19.3 Å². The standard InChI is InChI=1S/C27H46ClNO11Si/c1-31-41(28,32-2)21-5-3-4-10-38-25-8-6-24(7-9-25)29-27(30)40-23-26-22-37-18-17-35-14-13-33-11-12-34-15-16-36-19-20-39-26/h6-9,26H,3-5,10-23H2,1-2H3,(H,29,30). The number of hydrogen-bond acceptors (Lipinski definition) is 11. The Bertz CT molecular complexity index is 771. The maximum Gasteiger partial charge on any atom is 0.442 e. The number of ether oxygens (including phenoxy) is 8. The summed E-state index contributed by atoms with van der Waals surface area (Å²) in [5.74, 6) is 0.715. The van der Waals surface area contributed by atoms with E-state index in [1.165, 1.54) is 0 Å². The van der Waals surface area contributed by atoms with E-state index >= 15 is 0 Å². The Morgan fingerprint density at radius 3 is 1.98 bits per heavy atom. The Labute approximate surface area is 249 Å². The van der Waals surface area contributed by atoms with Crippen LogP contribution in [-0.2, 0) is 42.0 Å². The molecular formula is C27H46ClNO11Si. The number of rotatable bonds is 12. The van der Waals surface area contributed by atoms with Crippen molar-refractivity contribution >= 4 is 30.7 Å². The van der Waals surface area contributed by atoms with Crippen LogP contribution >= 0.6 is 11.1 Å². The van der Waals surface area contributed by atoms with Gasteiger partial charge in [-0.25, -0.2) is 4.79 Å². The van der Waals surface area contributed by atoms with Crippen LogP contribution < -0.4 is 10.1 Å². The minimum atomic E-state index is -2.52. The molecule has 0 bridgehead atoms. The fourth-order valence-electron chi connectivity index (χ4n) is 3.56. The van der Waals surface area contributed by atoms with Gasteiger partial charge in [0.05, 0.1) is 79.3 Å². The molecule has 0 radical (unpaired) electrons. The molecule has 1 aliphatic rings. The lowest BCUT2D eigenvalue weighted by Crippen LogP contribution is -2.32. The molecule has 0 aliphatic carbocycles. The van der Waals surface area contributed by atoms with E-state index in [1.54, 1.807) is 38.5 Å². The summed E-state index contributed by atoms with van der Waals surface area (Å²) in [6.45, 7) is 5.29. The lowest BCUT2D eigenvalue weighted by Gasteiger charge is -2.19. The summed E-state index contributed by atoms with van der Waals surface area (Å²) >= 11 is 6.28. The first-order valence-electron chi connectivity index (χ1n) is 14.0. The molecular weight excluding hydrogens is 578 g/mol. The topological polar surface area (TPSA) is 121 Å². The molecule has 1 amide bonds. The van der Waals surface area contributed by atoms with E-state index in [4.69, 9.17) is 57.8 Å². The Balaban J connectivity index is 1.65. The van der Waals surface area contributed by atoms with E-state index in [1.807, 2.05) is 0 Å². The molecule has 1 fully saturated rings. The molecule has 1 atom stereocenters. The van der Waals surface area contributed by atoms with Crippen LogP contribution in [0.25, 0.3) is 0 Å². The predicted molar refractivity (Wildman–Crippen MR) is 155 cm³/mol. The average molecular weight is 624 g/mol. The smallest absolute Gasteiger partial charge is 0.442 e. The van der Waals surface area contributed by atoms with E-state index in [9.17, 15) is 4.79 Å². The number of anilines is 1. The SMILES string of the molecule is CO[Si](Cl)(CCCCCOc1ccc(NC(=O)OCC2COCCOCCOCCOCCOCCO2)cc1)OC. The molecule has 1 saturated heterocycles. The lowest BCUT2D eigenvalue weighted by atomic mass is 10.2. The van der Waals surface area contributed by atoms with Gasteiger partial charge in [-0.1, -0.05) is 17.5 Å². The van der Waals surface area contributed by atoms with Gasteiger partial charge >= 0.3 is 14.0 Å². The molecule has 0 spiro atoms. The molecule has 2 rings (SSSR count). The van der Waals surface area contributed by atoms with Crippen LogP contribution in [0.15, 0.2) is 24.3 Å². The molecule has 1 aliphatic heterocycles. The van der Waals surface area contributed by atoms with Gasteiger partial charge in [0.2, 0.25) is 0 Å². The van der Waals surface area contributed by atoms with Crippen molar-refractivity contribution in [1.29, 1.82) is 0 Å². The Kier molecular flexibility index (Phi) is 20.0. The summed E-state index contributed by atoms with van der Waals surface area (Å²) in [4.78, 5) is 12.4. The van der Waals surface area contributed by atoms with Crippen molar-refractivity contribution in [3.63, 3.8) is 0 Å². The van der Waals surface area contributed by atoms with Gasteiger partial charge in [-0.05, 0) is 37.1 Å². The molecule has 41 heavy (non-hydrogen) atoms. The van der Waals surface area contributed by atoms with Crippen LogP contribution in [0.2, 0.25) is 6.04 Å². The molecule has 1 aromatic rings. The minimum absolute atomic E-state index is 0.0208. The number of halogens is 1. The third-order valence-corrected chi connectivity index (χ3v) is 9.53. The van der Waals surface area contributed by atoms with Crippen LogP contribution in [-0.4, -0.2) is 120 Å². The Morgan fingerprint density at radius 1 is 0.829 bits per heavy atom. The first kappa shape index (κ1) is 35.7. The number of nitrogens with one attached hydrogen (secondary N) is 1. The zero-order chi connectivity index (χ0) is 29.4. The minimum Gasteiger partial charge on any atom is -0.494 e. The third-order valence-electron chi connectivity index (χ3n) is 5.87. The Morgan fingerprint density at radius 2 is 1.39 bits per heavy atom. The molecule has 1 aromatic carbocycles. The second-order valence-electron chi connectivity index (χ2n) is 8.99. The molecule has 1 N–H and O–H groups in total. The lowest BCUT2D eigenvalue weighted by molar-refractivity contribution is -0.0746. The summed E-state index contributed by atoms with van der Waals surface area (Å²) in [6.07, 6.45) is 1.71. The maximum atomic E-state index is 12.4. The van der Waals surface area contributed by atoms with Crippen LogP contribution in [0.3, 0.4) is 0 Å². The second kappa shape index (κ2) is 23.0. The van der Waals surface area contributed by atoms with Crippen molar-refractivity contribution in [3.05, 3.63) is 24.3 Å². The number of carbonyl (C=O) groups excluding carboxylic acids is 1. The molecule has 1 heterocycles. The molecule has 236 valence electrons.